The number of rotatable bonds is 1. The van der Waals surface area contributed by atoms with E-state index in [0.717, 1.165) is 18.1 Å². The van der Waals surface area contributed by atoms with Crippen molar-refractivity contribution in [3.63, 3.8) is 0 Å². The summed E-state index contributed by atoms with van der Waals surface area (Å²) in [6.45, 7) is 8.11. The average molecular weight is 286 g/mol. The van der Waals surface area contributed by atoms with Gasteiger partial charge in [0.1, 0.15) is 0 Å². The zero-order valence-electron chi connectivity index (χ0n) is 12.8. The first-order chi connectivity index (χ1) is 10.1. The maximum absolute atomic E-state index is 6.26. The molecule has 5 atom stereocenters. The van der Waals surface area contributed by atoms with Crippen LogP contribution < -0.4 is 9.47 Å². The predicted molar refractivity (Wildman–Crippen MR) is 80.3 cm³/mol. The summed E-state index contributed by atoms with van der Waals surface area (Å²) in [6, 6.07) is 6.21. The van der Waals surface area contributed by atoms with Crippen LogP contribution in [0.3, 0.4) is 0 Å². The molecule has 3 nitrogen and oxygen atoms in total. The summed E-state index contributed by atoms with van der Waals surface area (Å²) >= 11 is 0. The maximum Gasteiger partial charge on any atom is 0.231 e. The third-order valence-corrected chi connectivity index (χ3v) is 5.49. The quantitative estimate of drug-likeness (QED) is 0.732. The van der Waals surface area contributed by atoms with E-state index >= 15 is 0 Å². The van der Waals surface area contributed by atoms with Crippen molar-refractivity contribution in [2.45, 2.75) is 26.9 Å². The van der Waals surface area contributed by atoms with E-state index in [2.05, 4.69) is 39.0 Å². The zero-order chi connectivity index (χ0) is 14.6. The molecule has 1 aromatic carbocycles. The van der Waals surface area contributed by atoms with E-state index in [1.165, 1.54) is 11.1 Å². The molecular weight excluding hydrogens is 264 g/mol. The molecule has 3 aliphatic rings. The van der Waals surface area contributed by atoms with Gasteiger partial charge in [0.05, 0.1) is 12.7 Å². The van der Waals surface area contributed by atoms with Gasteiger partial charge in [-0.25, -0.2) is 0 Å². The topological polar surface area (TPSA) is 27.7 Å². The van der Waals surface area contributed by atoms with Gasteiger partial charge in [0.2, 0.25) is 6.79 Å². The summed E-state index contributed by atoms with van der Waals surface area (Å²) in [7, 11) is 0. The molecule has 112 valence electrons. The molecule has 1 saturated heterocycles. The molecule has 0 radical (unpaired) electrons. The first-order valence-electron chi connectivity index (χ1n) is 7.84. The van der Waals surface area contributed by atoms with Crippen LogP contribution >= 0.6 is 0 Å². The van der Waals surface area contributed by atoms with Gasteiger partial charge in [-0.1, -0.05) is 31.6 Å². The number of allylic oxidation sites excluding steroid dienone is 1. The molecule has 0 saturated carbocycles. The summed E-state index contributed by atoms with van der Waals surface area (Å²) in [5, 5.41) is 0. The van der Waals surface area contributed by atoms with Crippen LogP contribution in [-0.2, 0) is 4.74 Å². The smallest absolute Gasteiger partial charge is 0.231 e. The van der Waals surface area contributed by atoms with Crippen LogP contribution in [0.2, 0.25) is 0 Å². The molecule has 1 aromatic rings. The number of hydrogen-bond donors (Lipinski definition) is 0. The van der Waals surface area contributed by atoms with Crippen LogP contribution in [0.4, 0.5) is 0 Å². The van der Waals surface area contributed by atoms with E-state index in [1.807, 2.05) is 6.07 Å². The number of fused-ring (bicyclic) bond motifs is 3. The van der Waals surface area contributed by atoms with Crippen molar-refractivity contribution in [2.24, 2.45) is 23.7 Å². The number of hydrogen-bond acceptors (Lipinski definition) is 3. The lowest BCUT2D eigenvalue weighted by Crippen LogP contribution is -2.42. The molecule has 1 aliphatic carbocycles. The fourth-order valence-corrected chi connectivity index (χ4v) is 4.34. The highest BCUT2D eigenvalue weighted by molar-refractivity contribution is 5.45. The summed E-state index contributed by atoms with van der Waals surface area (Å²) in [5.41, 5.74) is 2.67. The monoisotopic (exact) mass is 286 g/mol. The SMILES string of the molecule is CC1=C[C@@H](C)[C@H]2CO[C@H](c3ccc4c(c3)OCO4)[C@H]1[C@@H]2C. The zero-order valence-corrected chi connectivity index (χ0v) is 12.8. The lowest BCUT2D eigenvalue weighted by molar-refractivity contribution is -0.0934. The van der Waals surface area contributed by atoms with E-state index in [4.69, 9.17) is 14.2 Å². The average Bonchev–Trinajstić information content (AvgIpc) is 2.91. The van der Waals surface area contributed by atoms with Gasteiger partial charge < -0.3 is 14.2 Å². The van der Waals surface area contributed by atoms with E-state index in [0.29, 0.717) is 30.5 Å². The molecule has 0 N–H and O–H groups in total. The van der Waals surface area contributed by atoms with Crippen molar-refractivity contribution in [2.75, 3.05) is 13.4 Å². The van der Waals surface area contributed by atoms with Crippen molar-refractivity contribution in [3.8, 4) is 11.5 Å². The second kappa shape index (κ2) is 4.77. The van der Waals surface area contributed by atoms with Gasteiger partial charge in [0, 0.05) is 5.92 Å². The number of benzene rings is 1. The fraction of sp³-hybridized carbons (Fsp3) is 0.556. The minimum absolute atomic E-state index is 0.134. The van der Waals surface area contributed by atoms with Crippen molar-refractivity contribution in [3.05, 3.63) is 35.4 Å². The van der Waals surface area contributed by atoms with E-state index in [9.17, 15) is 0 Å². The molecule has 0 amide bonds. The Balaban J connectivity index is 1.71. The Bertz CT molecular complexity index is 592. The number of ether oxygens (including phenoxy) is 3. The summed E-state index contributed by atoms with van der Waals surface area (Å²) in [5.74, 6) is 4.08. The lowest BCUT2D eigenvalue weighted by atomic mass is 9.64. The Morgan fingerprint density at radius 2 is 1.90 bits per heavy atom. The Morgan fingerprint density at radius 3 is 2.76 bits per heavy atom. The van der Waals surface area contributed by atoms with Gasteiger partial charge in [-0.05, 0) is 42.4 Å². The largest absolute Gasteiger partial charge is 0.454 e. The molecule has 2 aliphatic heterocycles. The molecule has 0 unspecified atom stereocenters. The van der Waals surface area contributed by atoms with E-state index < -0.39 is 0 Å². The van der Waals surface area contributed by atoms with Gasteiger partial charge in [-0.2, -0.15) is 0 Å². The second-order valence-corrected chi connectivity index (χ2v) is 6.69. The van der Waals surface area contributed by atoms with E-state index in [-0.39, 0.29) is 6.10 Å². The van der Waals surface area contributed by atoms with Crippen molar-refractivity contribution >= 4 is 0 Å². The normalized spacial score (nSPS) is 37.3. The van der Waals surface area contributed by atoms with Gasteiger partial charge in [0.15, 0.2) is 11.5 Å². The van der Waals surface area contributed by atoms with Crippen LogP contribution in [0.5, 0.6) is 11.5 Å². The van der Waals surface area contributed by atoms with Gasteiger partial charge >= 0.3 is 0 Å². The fourth-order valence-electron chi connectivity index (χ4n) is 4.34. The van der Waals surface area contributed by atoms with E-state index in [1.54, 1.807) is 0 Å². The molecule has 0 spiro atoms. The molecule has 3 heteroatoms. The third kappa shape index (κ3) is 1.98. The predicted octanol–water partition coefficient (Wildman–Crippen LogP) is 3.95. The van der Waals surface area contributed by atoms with Gasteiger partial charge in [-0.3, -0.25) is 0 Å². The van der Waals surface area contributed by atoms with Crippen LogP contribution in [0, 0.1) is 23.7 Å². The van der Waals surface area contributed by atoms with Crippen LogP contribution in [-0.4, -0.2) is 13.4 Å². The first kappa shape index (κ1) is 13.2. The van der Waals surface area contributed by atoms with Crippen LogP contribution in [0.1, 0.15) is 32.4 Å². The third-order valence-electron chi connectivity index (χ3n) is 5.49. The molecule has 0 aromatic heterocycles. The summed E-state index contributed by atoms with van der Waals surface area (Å²) < 4.78 is 17.2. The Kier molecular flexibility index (Phi) is 3.00. The summed E-state index contributed by atoms with van der Waals surface area (Å²) in [4.78, 5) is 0. The minimum atomic E-state index is 0.134. The highest BCUT2D eigenvalue weighted by Gasteiger charge is 2.43. The summed E-state index contributed by atoms with van der Waals surface area (Å²) in [6.07, 6.45) is 2.58. The molecule has 4 rings (SSSR count). The lowest BCUT2D eigenvalue weighted by Gasteiger charge is -2.47. The minimum Gasteiger partial charge on any atom is -0.454 e. The van der Waals surface area contributed by atoms with Crippen molar-refractivity contribution < 1.29 is 14.2 Å². The van der Waals surface area contributed by atoms with Gasteiger partial charge in [-0.15, -0.1) is 0 Å². The molecule has 1 fully saturated rings. The molecule has 2 bridgehead atoms. The molecular formula is C18H22O3. The maximum atomic E-state index is 6.26. The molecule has 21 heavy (non-hydrogen) atoms. The Morgan fingerprint density at radius 1 is 1.10 bits per heavy atom. The first-order valence-corrected chi connectivity index (χ1v) is 7.84. The van der Waals surface area contributed by atoms with Crippen LogP contribution in [0.15, 0.2) is 29.8 Å². The Hall–Kier alpha value is -1.48. The van der Waals surface area contributed by atoms with Crippen molar-refractivity contribution in [1.82, 2.24) is 0 Å². The van der Waals surface area contributed by atoms with Crippen LogP contribution in [0.25, 0.3) is 0 Å². The Labute approximate surface area is 125 Å². The standard InChI is InChI=1S/C18H22O3/c1-10-6-11(2)17-12(3)14(10)8-19-18(17)13-4-5-15-16(7-13)21-9-20-15/h4-7,10,12,14,17-18H,8-9H2,1-3H3/t10-,12-,14-,17-,18-/m1/s1. The van der Waals surface area contributed by atoms with Gasteiger partial charge in [0.25, 0.3) is 0 Å². The second-order valence-electron chi connectivity index (χ2n) is 6.69. The highest BCUT2D eigenvalue weighted by atomic mass is 16.7. The van der Waals surface area contributed by atoms with Crippen molar-refractivity contribution in [1.29, 1.82) is 0 Å². The highest BCUT2D eigenvalue weighted by Crippen LogP contribution is 2.50. The molecule has 2 heterocycles.